The molecule has 106 valence electrons. The third-order valence-corrected chi connectivity index (χ3v) is 3.46. The van der Waals surface area contributed by atoms with Gasteiger partial charge in [-0.05, 0) is 40.5 Å². The van der Waals surface area contributed by atoms with E-state index in [9.17, 15) is 8.78 Å². The fourth-order valence-electron chi connectivity index (χ4n) is 1.77. The molecule has 0 heterocycles. The van der Waals surface area contributed by atoms with Crippen molar-refractivity contribution in [3.63, 3.8) is 0 Å². The van der Waals surface area contributed by atoms with Crippen molar-refractivity contribution < 1.29 is 13.5 Å². The van der Waals surface area contributed by atoms with Gasteiger partial charge in [-0.3, -0.25) is 0 Å². The van der Waals surface area contributed by atoms with Crippen molar-refractivity contribution >= 4 is 33.0 Å². The standard InChI is InChI=1S/C14H13BrF2N2O/c1-7-3-9(16)8(15)4-12(7)19-13-6-14(20-2)11(18)5-10(13)17/h3-6,19H,18H2,1-2H3. The largest absolute Gasteiger partial charge is 0.495 e. The molecule has 0 saturated carbocycles. The minimum Gasteiger partial charge on any atom is -0.495 e. The number of halogens is 3. The molecule has 6 heteroatoms. The van der Waals surface area contributed by atoms with Crippen LogP contribution in [0, 0.1) is 18.6 Å². The summed E-state index contributed by atoms with van der Waals surface area (Å²) in [5.74, 6) is -0.515. The summed E-state index contributed by atoms with van der Waals surface area (Å²) in [4.78, 5) is 0. The van der Waals surface area contributed by atoms with Crippen LogP contribution in [-0.2, 0) is 0 Å². The molecule has 0 radical (unpaired) electrons. The van der Waals surface area contributed by atoms with Crippen LogP contribution in [0.5, 0.6) is 5.75 Å². The summed E-state index contributed by atoms with van der Waals surface area (Å²) in [5, 5.41) is 2.90. The summed E-state index contributed by atoms with van der Waals surface area (Å²) in [6.45, 7) is 1.73. The topological polar surface area (TPSA) is 47.3 Å². The number of ether oxygens (including phenoxy) is 1. The van der Waals surface area contributed by atoms with E-state index in [4.69, 9.17) is 10.5 Å². The lowest BCUT2D eigenvalue weighted by atomic mass is 10.1. The molecular weight excluding hydrogens is 330 g/mol. The maximum atomic E-state index is 13.9. The molecule has 0 amide bonds. The van der Waals surface area contributed by atoms with E-state index in [1.807, 2.05) is 0 Å². The third kappa shape index (κ3) is 2.85. The molecule has 0 atom stereocenters. The Balaban J connectivity index is 2.42. The van der Waals surface area contributed by atoms with Crippen molar-refractivity contribution in [1.29, 1.82) is 0 Å². The predicted molar refractivity (Wildman–Crippen MR) is 79.5 cm³/mol. The Labute approximate surface area is 123 Å². The molecule has 3 N–H and O–H groups in total. The van der Waals surface area contributed by atoms with E-state index in [0.29, 0.717) is 21.5 Å². The number of anilines is 3. The number of hydrogen-bond donors (Lipinski definition) is 2. The highest BCUT2D eigenvalue weighted by molar-refractivity contribution is 9.10. The molecule has 0 spiro atoms. The Bertz CT molecular complexity index is 662. The highest BCUT2D eigenvalue weighted by atomic mass is 79.9. The molecule has 0 saturated heterocycles. The van der Waals surface area contributed by atoms with Crippen LogP contribution in [-0.4, -0.2) is 7.11 Å². The minimum absolute atomic E-state index is 0.206. The fraction of sp³-hybridized carbons (Fsp3) is 0.143. The van der Waals surface area contributed by atoms with Gasteiger partial charge >= 0.3 is 0 Å². The molecule has 2 aromatic rings. The molecule has 20 heavy (non-hydrogen) atoms. The number of hydrogen-bond acceptors (Lipinski definition) is 3. The maximum absolute atomic E-state index is 13.9. The second-order valence-corrected chi connectivity index (χ2v) is 5.13. The van der Waals surface area contributed by atoms with Crippen LogP contribution in [0.15, 0.2) is 28.7 Å². The van der Waals surface area contributed by atoms with Gasteiger partial charge in [0.05, 0.1) is 23.0 Å². The molecule has 0 fully saturated rings. The Hall–Kier alpha value is -1.82. The van der Waals surface area contributed by atoms with Crippen LogP contribution >= 0.6 is 15.9 Å². The highest BCUT2D eigenvalue weighted by Gasteiger charge is 2.11. The van der Waals surface area contributed by atoms with Gasteiger partial charge in [0.25, 0.3) is 0 Å². The Kier molecular flexibility index (Phi) is 4.13. The van der Waals surface area contributed by atoms with Crippen molar-refractivity contribution in [2.24, 2.45) is 0 Å². The minimum atomic E-state index is -0.511. The van der Waals surface area contributed by atoms with Crippen LogP contribution in [0.2, 0.25) is 0 Å². The van der Waals surface area contributed by atoms with E-state index in [1.165, 1.54) is 25.3 Å². The number of rotatable bonds is 3. The van der Waals surface area contributed by atoms with Gasteiger partial charge < -0.3 is 15.8 Å². The van der Waals surface area contributed by atoms with E-state index in [2.05, 4.69) is 21.2 Å². The van der Waals surface area contributed by atoms with Crippen LogP contribution in [0.3, 0.4) is 0 Å². The predicted octanol–water partition coefficient (Wildman–Crippen LogP) is 4.37. The zero-order chi connectivity index (χ0) is 14.9. The van der Waals surface area contributed by atoms with E-state index < -0.39 is 5.82 Å². The second-order valence-electron chi connectivity index (χ2n) is 4.28. The van der Waals surface area contributed by atoms with Gasteiger partial charge in [-0.2, -0.15) is 0 Å². The molecule has 3 nitrogen and oxygen atoms in total. The van der Waals surface area contributed by atoms with Crippen molar-refractivity contribution in [3.05, 3.63) is 45.9 Å². The Morgan fingerprint density at radius 2 is 1.80 bits per heavy atom. The van der Waals surface area contributed by atoms with Crippen molar-refractivity contribution in [3.8, 4) is 5.75 Å². The number of nitrogens with two attached hydrogens (primary N) is 1. The molecule has 2 aromatic carbocycles. The van der Waals surface area contributed by atoms with Crippen LogP contribution < -0.4 is 15.8 Å². The van der Waals surface area contributed by atoms with Gasteiger partial charge in [0, 0.05) is 17.8 Å². The lowest BCUT2D eigenvalue weighted by Gasteiger charge is -2.13. The quantitative estimate of drug-likeness (QED) is 0.814. The van der Waals surface area contributed by atoms with Gasteiger partial charge in [-0.15, -0.1) is 0 Å². The summed E-state index contributed by atoms with van der Waals surface area (Å²) < 4.78 is 32.6. The average molecular weight is 343 g/mol. The highest BCUT2D eigenvalue weighted by Crippen LogP contribution is 2.32. The lowest BCUT2D eigenvalue weighted by molar-refractivity contribution is 0.416. The SMILES string of the molecule is COc1cc(Nc2cc(Br)c(F)cc2C)c(F)cc1N. The summed E-state index contributed by atoms with van der Waals surface area (Å²) in [6.07, 6.45) is 0. The number of nitrogen functional groups attached to an aromatic ring is 1. The molecule has 0 aliphatic carbocycles. The van der Waals surface area contributed by atoms with E-state index in [-0.39, 0.29) is 17.2 Å². The van der Waals surface area contributed by atoms with Crippen LogP contribution in [0.4, 0.5) is 25.8 Å². The molecule has 0 unspecified atom stereocenters. The summed E-state index contributed by atoms with van der Waals surface area (Å²) >= 11 is 3.10. The zero-order valence-electron chi connectivity index (χ0n) is 10.9. The second kappa shape index (κ2) is 5.66. The van der Waals surface area contributed by atoms with E-state index >= 15 is 0 Å². The molecular formula is C14H13BrF2N2O. The number of nitrogens with one attached hydrogen (secondary N) is 1. The Morgan fingerprint density at radius 1 is 1.10 bits per heavy atom. The van der Waals surface area contributed by atoms with Crippen molar-refractivity contribution in [1.82, 2.24) is 0 Å². The molecule has 0 aliphatic heterocycles. The van der Waals surface area contributed by atoms with E-state index in [1.54, 1.807) is 13.0 Å². The number of methoxy groups -OCH3 is 1. The monoisotopic (exact) mass is 342 g/mol. The number of benzene rings is 2. The summed E-state index contributed by atoms with van der Waals surface area (Å²) in [7, 11) is 1.45. The molecule has 0 aliphatic rings. The molecule has 0 bridgehead atoms. The normalized spacial score (nSPS) is 10.4. The summed E-state index contributed by atoms with van der Waals surface area (Å²) in [5.41, 5.74) is 7.28. The first-order valence-electron chi connectivity index (χ1n) is 5.78. The zero-order valence-corrected chi connectivity index (χ0v) is 12.5. The maximum Gasteiger partial charge on any atom is 0.148 e. The smallest absolute Gasteiger partial charge is 0.148 e. The first kappa shape index (κ1) is 14.6. The van der Waals surface area contributed by atoms with Crippen molar-refractivity contribution in [2.45, 2.75) is 6.92 Å². The lowest BCUT2D eigenvalue weighted by Crippen LogP contribution is -2.00. The van der Waals surface area contributed by atoms with Gasteiger partial charge in [0.2, 0.25) is 0 Å². The van der Waals surface area contributed by atoms with Crippen LogP contribution in [0.25, 0.3) is 0 Å². The van der Waals surface area contributed by atoms with Gasteiger partial charge in [0.15, 0.2) is 0 Å². The van der Waals surface area contributed by atoms with Gasteiger partial charge in [0.1, 0.15) is 17.4 Å². The fourth-order valence-corrected chi connectivity index (χ4v) is 2.11. The Morgan fingerprint density at radius 3 is 2.45 bits per heavy atom. The summed E-state index contributed by atoms with van der Waals surface area (Å²) in [6, 6.07) is 5.54. The molecule has 2 rings (SSSR count). The first-order valence-corrected chi connectivity index (χ1v) is 6.57. The number of aryl methyl sites for hydroxylation is 1. The average Bonchev–Trinajstić information content (AvgIpc) is 2.38. The van der Waals surface area contributed by atoms with E-state index in [0.717, 1.165) is 0 Å². The third-order valence-electron chi connectivity index (χ3n) is 2.86. The van der Waals surface area contributed by atoms with Crippen molar-refractivity contribution in [2.75, 3.05) is 18.2 Å². The van der Waals surface area contributed by atoms with Crippen LogP contribution in [0.1, 0.15) is 5.56 Å². The molecule has 0 aromatic heterocycles. The van der Waals surface area contributed by atoms with Gasteiger partial charge in [-0.25, -0.2) is 8.78 Å². The van der Waals surface area contributed by atoms with Gasteiger partial charge in [-0.1, -0.05) is 0 Å². The first-order chi connectivity index (χ1) is 9.42.